The fourth-order valence-electron chi connectivity index (χ4n) is 5.49. The maximum atomic E-state index is 14.5. The molecule has 2 aliphatic rings. The van der Waals surface area contributed by atoms with E-state index in [1.165, 1.54) is 17.2 Å². The van der Waals surface area contributed by atoms with Crippen LogP contribution in [-0.2, 0) is 16.7 Å². The van der Waals surface area contributed by atoms with E-state index in [0.717, 1.165) is 18.9 Å². The second-order valence-corrected chi connectivity index (χ2v) is 9.90. The lowest BCUT2D eigenvalue weighted by Crippen LogP contribution is -2.52. The number of aliphatic hydroxyl groups excluding tert-OH is 1. The van der Waals surface area contributed by atoms with Crippen molar-refractivity contribution in [3.05, 3.63) is 93.5 Å². The van der Waals surface area contributed by atoms with Crippen molar-refractivity contribution in [3.8, 4) is 11.8 Å². The average molecular weight is 522 g/mol. The molecule has 3 aromatic rings. The molecule has 2 aliphatic heterocycles. The number of aromatic nitrogens is 1. The fraction of sp³-hybridized carbons (Fsp3) is 0.321. The summed E-state index contributed by atoms with van der Waals surface area (Å²) in [6.45, 7) is 1.16. The Labute approximate surface area is 218 Å². The molecule has 1 fully saturated rings. The van der Waals surface area contributed by atoms with Crippen LogP contribution in [0.4, 0.5) is 4.39 Å². The van der Waals surface area contributed by atoms with E-state index in [1.54, 1.807) is 36.4 Å². The number of fused-ring (bicyclic) bond motifs is 1. The maximum Gasteiger partial charge on any atom is 0.261 e. The first-order valence-electron chi connectivity index (χ1n) is 12.1. The van der Waals surface area contributed by atoms with Crippen molar-refractivity contribution in [1.82, 2.24) is 9.88 Å². The summed E-state index contributed by atoms with van der Waals surface area (Å²) >= 11 is 6.19. The van der Waals surface area contributed by atoms with Crippen molar-refractivity contribution in [2.75, 3.05) is 13.2 Å². The molecule has 2 N–H and O–H groups in total. The van der Waals surface area contributed by atoms with Gasteiger partial charge in [0.05, 0.1) is 11.1 Å². The molecule has 2 atom stereocenters. The molecule has 0 bridgehead atoms. The number of pyridine rings is 1. The van der Waals surface area contributed by atoms with Gasteiger partial charge in [-0.05, 0) is 66.6 Å². The van der Waals surface area contributed by atoms with Crippen LogP contribution >= 0.6 is 11.6 Å². The molecular formula is C28H25ClFN3O4. The van der Waals surface area contributed by atoms with E-state index in [0.29, 0.717) is 47.0 Å². The van der Waals surface area contributed by atoms with Gasteiger partial charge >= 0.3 is 0 Å². The second kappa shape index (κ2) is 10.1. The van der Waals surface area contributed by atoms with Gasteiger partial charge in [0.25, 0.3) is 5.91 Å². The van der Waals surface area contributed by atoms with E-state index in [9.17, 15) is 24.7 Å². The minimum atomic E-state index is -1.33. The van der Waals surface area contributed by atoms with Crippen LogP contribution in [0.3, 0.4) is 0 Å². The summed E-state index contributed by atoms with van der Waals surface area (Å²) in [7, 11) is 0. The van der Waals surface area contributed by atoms with Crippen LogP contribution in [0.1, 0.15) is 52.0 Å². The Balaban J connectivity index is 1.71. The van der Waals surface area contributed by atoms with Crippen molar-refractivity contribution < 1.29 is 24.1 Å². The molecule has 5 rings (SSSR count). The maximum absolute atomic E-state index is 14.5. The minimum absolute atomic E-state index is 0.106. The lowest BCUT2D eigenvalue weighted by molar-refractivity contribution is -0.0512. The Morgan fingerprint density at radius 2 is 1.92 bits per heavy atom. The number of hydrogen-bond donors (Lipinski definition) is 2. The van der Waals surface area contributed by atoms with Crippen LogP contribution in [-0.4, -0.2) is 45.4 Å². The van der Waals surface area contributed by atoms with Crippen molar-refractivity contribution in [2.45, 2.75) is 37.5 Å². The quantitative estimate of drug-likeness (QED) is 0.493. The molecule has 37 heavy (non-hydrogen) atoms. The number of carbonyl (C=O) groups excluding carboxylic acids is 1. The average Bonchev–Trinajstić information content (AvgIpc) is 3.16. The smallest absolute Gasteiger partial charge is 0.261 e. The molecule has 2 aromatic carbocycles. The number of aromatic hydroxyl groups is 1. The number of carbonyl (C=O) groups is 1. The van der Waals surface area contributed by atoms with Crippen LogP contribution in [0.2, 0.25) is 5.02 Å². The van der Waals surface area contributed by atoms with Gasteiger partial charge in [0.2, 0.25) is 0 Å². The van der Waals surface area contributed by atoms with E-state index in [2.05, 4.69) is 4.98 Å². The predicted octanol–water partition coefficient (Wildman–Crippen LogP) is 4.53. The largest absolute Gasteiger partial charge is 0.504 e. The summed E-state index contributed by atoms with van der Waals surface area (Å²) in [4.78, 5) is 19.7. The third-order valence-electron chi connectivity index (χ3n) is 7.31. The first kappa shape index (κ1) is 25.2. The van der Waals surface area contributed by atoms with Gasteiger partial charge < -0.3 is 14.9 Å². The van der Waals surface area contributed by atoms with Gasteiger partial charge in [-0.1, -0.05) is 29.8 Å². The topological polar surface area (TPSA) is 107 Å². The van der Waals surface area contributed by atoms with Crippen molar-refractivity contribution >= 4 is 17.5 Å². The van der Waals surface area contributed by atoms with Crippen LogP contribution in [0.15, 0.2) is 54.7 Å². The molecule has 0 aliphatic carbocycles. The molecule has 1 saturated heterocycles. The number of aliphatic hydroxyl groups is 1. The molecule has 1 amide bonds. The first-order chi connectivity index (χ1) is 17.8. The number of hydrogen-bond acceptors (Lipinski definition) is 6. The zero-order valence-electron chi connectivity index (χ0n) is 19.9. The summed E-state index contributed by atoms with van der Waals surface area (Å²) in [6, 6.07) is 14.8. The zero-order chi connectivity index (χ0) is 26.2. The molecule has 7 nitrogen and oxygen atoms in total. The molecule has 2 unspecified atom stereocenters. The Morgan fingerprint density at radius 3 is 2.57 bits per heavy atom. The minimum Gasteiger partial charge on any atom is -0.504 e. The third-order valence-corrected chi connectivity index (χ3v) is 7.57. The number of halogens is 2. The Morgan fingerprint density at radius 1 is 1.19 bits per heavy atom. The summed E-state index contributed by atoms with van der Waals surface area (Å²) in [5.74, 6) is -2.22. The number of rotatable bonds is 6. The van der Waals surface area contributed by atoms with Crippen LogP contribution in [0, 0.1) is 23.1 Å². The highest BCUT2D eigenvalue weighted by molar-refractivity contribution is 6.30. The normalized spacial score (nSPS) is 20.5. The standard InChI is InChI=1S/C28H25ClFN3O4/c29-20-4-2-19(3-5-20)28(14-21-6-1-18(15-31)16-32-21)22-7-8-23(30)26(35)25(22)27(36)33(28)24(34)13-17-9-11-37-12-10-17/h1-8,16-17,24,34-35H,9-14H2. The van der Waals surface area contributed by atoms with Crippen molar-refractivity contribution in [3.63, 3.8) is 0 Å². The third kappa shape index (κ3) is 4.44. The van der Waals surface area contributed by atoms with E-state index in [-0.39, 0.29) is 17.9 Å². The molecule has 9 heteroatoms. The fourth-order valence-corrected chi connectivity index (χ4v) is 5.61. The van der Waals surface area contributed by atoms with E-state index in [4.69, 9.17) is 16.3 Å². The van der Waals surface area contributed by atoms with Gasteiger partial charge in [-0.15, -0.1) is 0 Å². The number of nitriles is 1. The van der Waals surface area contributed by atoms with Gasteiger partial charge in [0.1, 0.15) is 17.8 Å². The predicted molar refractivity (Wildman–Crippen MR) is 133 cm³/mol. The number of benzene rings is 2. The van der Waals surface area contributed by atoms with Gasteiger partial charge in [0.15, 0.2) is 11.6 Å². The van der Waals surface area contributed by atoms with Crippen LogP contribution in [0.5, 0.6) is 5.75 Å². The number of ether oxygens (including phenoxy) is 1. The van der Waals surface area contributed by atoms with E-state index >= 15 is 0 Å². The van der Waals surface area contributed by atoms with Gasteiger partial charge in [0, 0.05) is 36.5 Å². The van der Waals surface area contributed by atoms with Gasteiger partial charge in [-0.25, -0.2) is 4.39 Å². The SMILES string of the molecule is N#Cc1ccc(CC2(c3ccc(Cl)cc3)c3ccc(F)c(O)c3C(=O)N2C(O)CC2CCOCC2)nc1. The number of phenolic OH excluding ortho intramolecular Hbond substituents is 1. The Kier molecular flexibility index (Phi) is 6.86. The number of nitrogens with zero attached hydrogens (tertiary/aromatic N) is 3. The molecule has 0 spiro atoms. The molecular weight excluding hydrogens is 497 g/mol. The summed E-state index contributed by atoms with van der Waals surface area (Å²) < 4.78 is 20.0. The van der Waals surface area contributed by atoms with Crippen LogP contribution < -0.4 is 0 Å². The van der Waals surface area contributed by atoms with E-state index < -0.39 is 29.2 Å². The summed E-state index contributed by atoms with van der Waals surface area (Å²) in [5, 5.41) is 32.0. The van der Waals surface area contributed by atoms with Crippen molar-refractivity contribution in [2.24, 2.45) is 5.92 Å². The second-order valence-electron chi connectivity index (χ2n) is 9.46. The molecule has 1 aromatic heterocycles. The van der Waals surface area contributed by atoms with E-state index in [1.807, 2.05) is 6.07 Å². The monoisotopic (exact) mass is 521 g/mol. The lowest BCUT2D eigenvalue weighted by Gasteiger charge is -2.43. The highest BCUT2D eigenvalue weighted by Gasteiger charge is 2.55. The molecule has 3 heterocycles. The Hall–Kier alpha value is -3.51. The highest BCUT2D eigenvalue weighted by Crippen LogP contribution is 2.50. The highest BCUT2D eigenvalue weighted by atomic mass is 35.5. The van der Waals surface area contributed by atoms with Crippen LogP contribution in [0.25, 0.3) is 0 Å². The summed E-state index contributed by atoms with van der Waals surface area (Å²) in [6.07, 6.45) is 2.10. The Bertz CT molecular complexity index is 1350. The lowest BCUT2D eigenvalue weighted by atomic mass is 9.78. The molecule has 190 valence electrons. The number of amides is 1. The summed E-state index contributed by atoms with van der Waals surface area (Å²) in [5.41, 5.74) is 0.385. The first-order valence-corrected chi connectivity index (χ1v) is 12.5. The number of phenols is 1. The molecule has 0 saturated carbocycles. The zero-order valence-corrected chi connectivity index (χ0v) is 20.7. The molecule has 0 radical (unpaired) electrons. The van der Waals surface area contributed by atoms with Gasteiger partial charge in [-0.2, -0.15) is 5.26 Å². The van der Waals surface area contributed by atoms with Gasteiger partial charge in [-0.3, -0.25) is 14.7 Å². The van der Waals surface area contributed by atoms with Crippen molar-refractivity contribution in [1.29, 1.82) is 5.26 Å².